The molecule has 0 amide bonds. The molecule has 0 saturated carbocycles. The Morgan fingerprint density at radius 3 is 2.50 bits per heavy atom. The van der Waals surface area contributed by atoms with Crippen molar-refractivity contribution in [1.82, 2.24) is 5.32 Å². The van der Waals surface area contributed by atoms with E-state index in [4.69, 9.17) is 20.8 Å². The van der Waals surface area contributed by atoms with Crippen molar-refractivity contribution in [3.05, 3.63) is 29.3 Å². The molecule has 0 bridgehead atoms. The van der Waals surface area contributed by atoms with Gasteiger partial charge >= 0.3 is 0 Å². The summed E-state index contributed by atoms with van der Waals surface area (Å²) in [5.41, 5.74) is 0. The highest BCUT2D eigenvalue weighted by Gasteiger charge is 2.37. The van der Waals surface area contributed by atoms with Crippen molar-refractivity contribution in [2.45, 2.75) is 58.0 Å². The molecule has 6 heteroatoms. The van der Waals surface area contributed by atoms with Crippen LogP contribution in [0.3, 0.4) is 0 Å². The predicted octanol–water partition coefficient (Wildman–Crippen LogP) is 4.08. The van der Waals surface area contributed by atoms with Crippen molar-refractivity contribution in [3.63, 3.8) is 0 Å². The van der Waals surface area contributed by atoms with Crippen LogP contribution in [-0.2, 0) is 4.43 Å². The predicted molar refractivity (Wildman–Crippen MR) is 104 cm³/mol. The second kappa shape index (κ2) is 9.20. The summed E-state index contributed by atoms with van der Waals surface area (Å²) in [6, 6.07) is 7.35. The van der Waals surface area contributed by atoms with E-state index >= 15 is 0 Å². The van der Waals surface area contributed by atoms with E-state index in [-0.39, 0.29) is 17.7 Å². The number of nitrogens with one attached hydrogen (secondary N) is 1. The topological polar surface area (TPSA) is 50.7 Å². The number of hydrogen-bond donors (Lipinski definition) is 2. The Balaban J connectivity index is 2.27. The number of aliphatic hydroxyl groups excluding tert-OH is 1. The molecule has 0 aromatic heterocycles. The monoisotopic (exact) mass is 373 g/mol. The van der Waals surface area contributed by atoms with Crippen LogP contribution in [0, 0.1) is 0 Å². The number of halogens is 1. The molecule has 0 heterocycles. The Kier molecular flexibility index (Phi) is 8.22. The van der Waals surface area contributed by atoms with Crippen LogP contribution in [0.25, 0.3) is 0 Å². The molecule has 1 rings (SSSR count). The summed E-state index contributed by atoms with van der Waals surface area (Å²) in [6.07, 6.45) is -0.584. The summed E-state index contributed by atoms with van der Waals surface area (Å²) in [7, 11) is -1.73. The van der Waals surface area contributed by atoms with Gasteiger partial charge in [-0.2, -0.15) is 0 Å². The van der Waals surface area contributed by atoms with Crippen LogP contribution in [0.5, 0.6) is 5.75 Å². The van der Waals surface area contributed by atoms with Crippen LogP contribution in [-0.4, -0.2) is 45.3 Å². The fourth-order valence-corrected chi connectivity index (χ4v) is 3.03. The number of rotatable bonds is 9. The van der Waals surface area contributed by atoms with Crippen molar-refractivity contribution >= 4 is 19.9 Å². The number of aliphatic hydroxyl groups is 1. The van der Waals surface area contributed by atoms with Crippen molar-refractivity contribution in [2.24, 2.45) is 0 Å². The highest BCUT2D eigenvalue weighted by Crippen LogP contribution is 2.36. The van der Waals surface area contributed by atoms with Crippen molar-refractivity contribution in [2.75, 3.05) is 19.8 Å². The summed E-state index contributed by atoms with van der Waals surface area (Å²) in [6.45, 7) is 14.6. The molecule has 24 heavy (non-hydrogen) atoms. The Labute approximate surface area is 152 Å². The van der Waals surface area contributed by atoms with Gasteiger partial charge in [-0.05, 0) is 43.3 Å². The van der Waals surface area contributed by atoms with E-state index in [1.54, 1.807) is 12.1 Å². The standard InChI is InChI=1S/C18H32ClNO3Si/c1-14(12-23-24(5,6)18(2,3)4)20-11-16(21)13-22-17-9-7-8-15(19)10-17/h7-10,14,16,20-21H,11-13H2,1-6H3/t14-,16-/m0/s1. The lowest BCUT2D eigenvalue weighted by Gasteiger charge is -2.37. The first kappa shape index (κ1) is 21.4. The molecule has 0 radical (unpaired) electrons. The zero-order valence-corrected chi connectivity index (χ0v) is 17.5. The van der Waals surface area contributed by atoms with Crippen LogP contribution in [0.1, 0.15) is 27.7 Å². The zero-order valence-electron chi connectivity index (χ0n) is 15.7. The first-order chi connectivity index (χ1) is 11.0. The van der Waals surface area contributed by atoms with Gasteiger partial charge < -0.3 is 19.6 Å². The second-order valence-corrected chi connectivity index (χ2v) is 13.0. The molecule has 4 nitrogen and oxygen atoms in total. The Morgan fingerprint density at radius 1 is 1.25 bits per heavy atom. The first-order valence-electron chi connectivity index (χ1n) is 8.45. The molecule has 0 saturated heterocycles. The normalized spacial score (nSPS) is 15.2. The Morgan fingerprint density at radius 2 is 1.92 bits per heavy atom. The summed E-state index contributed by atoms with van der Waals surface area (Å²) in [4.78, 5) is 0. The molecular formula is C18H32ClNO3Si. The lowest BCUT2D eigenvalue weighted by molar-refractivity contribution is 0.101. The van der Waals surface area contributed by atoms with Gasteiger partial charge in [-0.25, -0.2) is 0 Å². The highest BCUT2D eigenvalue weighted by atomic mass is 35.5. The van der Waals surface area contributed by atoms with E-state index in [2.05, 4.69) is 46.1 Å². The van der Waals surface area contributed by atoms with E-state index in [9.17, 15) is 5.11 Å². The number of hydrogen-bond acceptors (Lipinski definition) is 4. The maximum Gasteiger partial charge on any atom is 0.192 e. The molecule has 138 valence electrons. The lowest BCUT2D eigenvalue weighted by atomic mass is 10.2. The van der Waals surface area contributed by atoms with Gasteiger partial charge in [0.15, 0.2) is 8.32 Å². The van der Waals surface area contributed by atoms with Gasteiger partial charge in [0.25, 0.3) is 0 Å². The van der Waals surface area contributed by atoms with Crippen LogP contribution in [0.4, 0.5) is 0 Å². The third kappa shape index (κ3) is 7.53. The maximum absolute atomic E-state index is 10.0. The van der Waals surface area contributed by atoms with Crippen molar-refractivity contribution in [3.8, 4) is 5.75 Å². The Bertz CT molecular complexity index is 505. The highest BCUT2D eigenvalue weighted by molar-refractivity contribution is 6.74. The summed E-state index contributed by atoms with van der Waals surface area (Å²) in [5.74, 6) is 0.663. The summed E-state index contributed by atoms with van der Waals surface area (Å²) in [5, 5.41) is 14.2. The summed E-state index contributed by atoms with van der Waals surface area (Å²) < 4.78 is 11.7. The van der Waals surface area contributed by atoms with Gasteiger partial charge in [0, 0.05) is 24.2 Å². The maximum atomic E-state index is 10.0. The number of ether oxygens (including phenoxy) is 1. The van der Waals surface area contributed by atoms with Gasteiger partial charge in [-0.15, -0.1) is 0 Å². The minimum atomic E-state index is -1.73. The second-order valence-electron chi connectivity index (χ2n) is 7.80. The molecule has 2 N–H and O–H groups in total. The van der Waals surface area contributed by atoms with Crippen LogP contribution >= 0.6 is 11.6 Å². The van der Waals surface area contributed by atoms with Crippen LogP contribution < -0.4 is 10.1 Å². The molecule has 0 aliphatic heterocycles. The quantitative estimate of drug-likeness (QED) is 0.640. The average molecular weight is 374 g/mol. The molecule has 0 spiro atoms. The van der Waals surface area contributed by atoms with E-state index in [1.165, 1.54) is 0 Å². The molecule has 1 aromatic rings. The lowest BCUT2D eigenvalue weighted by Crippen LogP contribution is -2.45. The van der Waals surface area contributed by atoms with Gasteiger partial charge in [0.1, 0.15) is 18.5 Å². The van der Waals surface area contributed by atoms with Crippen LogP contribution in [0.2, 0.25) is 23.2 Å². The molecule has 0 unspecified atom stereocenters. The third-order valence-electron chi connectivity index (χ3n) is 4.44. The fraction of sp³-hybridized carbons (Fsp3) is 0.667. The van der Waals surface area contributed by atoms with Gasteiger partial charge in [0.05, 0.1) is 0 Å². The van der Waals surface area contributed by atoms with E-state index < -0.39 is 14.4 Å². The zero-order chi connectivity index (χ0) is 18.4. The Hall–Kier alpha value is -0.593. The van der Waals surface area contributed by atoms with E-state index in [1.807, 2.05) is 12.1 Å². The number of benzene rings is 1. The molecular weight excluding hydrogens is 342 g/mol. The fourth-order valence-electron chi connectivity index (χ4n) is 1.75. The molecule has 0 fully saturated rings. The average Bonchev–Trinajstić information content (AvgIpc) is 2.48. The van der Waals surface area contributed by atoms with E-state index in [0.29, 0.717) is 23.9 Å². The molecule has 2 atom stereocenters. The first-order valence-corrected chi connectivity index (χ1v) is 11.7. The van der Waals surface area contributed by atoms with Crippen LogP contribution in [0.15, 0.2) is 24.3 Å². The molecule has 1 aromatic carbocycles. The van der Waals surface area contributed by atoms with Gasteiger partial charge in [-0.1, -0.05) is 38.4 Å². The third-order valence-corrected chi connectivity index (χ3v) is 9.18. The SMILES string of the molecule is C[C@@H](CO[Si](C)(C)C(C)(C)C)NC[C@H](O)COc1cccc(Cl)c1. The van der Waals surface area contributed by atoms with Gasteiger partial charge in [0.2, 0.25) is 0 Å². The van der Waals surface area contributed by atoms with Crippen molar-refractivity contribution < 1.29 is 14.3 Å². The van der Waals surface area contributed by atoms with E-state index in [0.717, 1.165) is 0 Å². The smallest absolute Gasteiger partial charge is 0.192 e. The largest absolute Gasteiger partial charge is 0.491 e. The minimum absolute atomic E-state index is 0.181. The minimum Gasteiger partial charge on any atom is -0.491 e. The molecule has 0 aliphatic rings. The summed E-state index contributed by atoms with van der Waals surface area (Å²) >= 11 is 5.90. The molecule has 0 aliphatic carbocycles. The van der Waals surface area contributed by atoms with Crippen molar-refractivity contribution in [1.29, 1.82) is 0 Å². The van der Waals surface area contributed by atoms with Gasteiger partial charge in [-0.3, -0.25) is 0 Å².